The Bertz CT molecular complexity index is 689. The molecule has 2 aromatic rings. The number of hydrogen-bond acceptors (Lipinski definition) is 4. The van der Waals surface area contributed by atoms with Gasteiger partial charge < -0.3 is 10.6 Å². The van der Waals surface area contributed by atoms with Crippen LogP contribution in [0.3, 0.4) is 0 Å². The molecular formula is C18H21N3O3. The van der Waals surface area contributed by atoms with E-state index in [0.29, 0.717) is 5.69 Å². The van der Waals surface area contributed by atoms with Crippen LogP contribution in [0, 0.1) is 10.1 Å². The molecule has 0 heterocycles. The van der Waals surface area contributed by atoms with Crippen LogP contribution in [0.15, 0.2) is 54.6 Å². The Morgan fingerprint density at radius 3 is 2.50 bits per heavy atom. The van der Waals surface area contributed by atoms with Crippen LogP contribution < -0.4 is 10.6 Å². The van der Waals surface area contributed by atoms with Crippen molar-refractivity contribution in [1.29, 1.82) is 0 Å². The summed E-state index contributed by atoms with van der Waals surface area (Å²) in [5.74, 6) is -0.186. The molecular weight excluding hydrogens is 306 g/mol. The lowest BCUT2D eigenvalue weighted by atomic mass is 10.1. The monoisotopic (exact) mass is 327 g/mol. The molecule has 0 aliphatic heterocycles. The van der Waals surface area contributed by atoms with Crippen molar-refractivity contribution in [2.24, 2.45) is 0 Å². The predicted octanol–water partition coefficient (Wildman–Crippen LogP) is 3.14. The Labute approximate surface area is 141 Å². The average molecular weight is 327 g/mol. The molecule has 0 aliphatic rings. The molecule has 0 fully saturated rings. The second kappa shape index (κ2) is 8.67. The van der Waals surface area contributed by atoms with E-state index >= 15 is 0 Å². The zero-order valence-electron chi connectivity index (χ0n) is 13.6. The molecule has 0 bridgehead atoms. The first kappa shape index (κ1) is 17.5. The molecule has 0 aromatic heterocycles. The van der Waals surface area contributed by atoms with Crippen LogP contribution in [-0.4, -0.2) is 23.4 Å². The molecule has 6 nitrogen and oxygen atoms in total. The van der Waals surface area contributed by atoms with Crippen molar-refractivity contribution in [2.75, 3.05) is 11.9 Å². The predicted molar refractivity (Wildman–Crippen MR) is 94.0 cm³/mol. The van der Waals surface area contributed by atoms with Gasteiger partial charge in [-0.25, -0.2) is 0 Å². The smallest absolute Gasteiger partial charge is 0.292 e. The lowest BCUT2D eigenvalue weighted by Gasteiger charge is -2.14. The van der Waals surface area contributed by atoms with E-state index in [4.69, 9.17) is 0 Å². The summed E-state index contributed by atoms with van der Waals surface area (Å²) in [7, 11) is 0. The summed E-state index contributed by atoms with van der Waals surface area (Å²) < 4.78 is 0. The number of nitro groups is 1. The van der Waals surface area contributed by atoms with Gasteiger partial charge in [0.1, 0.15) is 5.69 Å². The lowest BCUT2D eigenvalue weighted by Crippen LogP contribution is -2.37. The van der Waals surface area contributed by atoms with E-state index in [1.807, 2.05) is 25.1 Å². The third-order valence-electron chi connectivity index (χ3n) is 3.66. The second-order valence-electron chi connectivity index (χ2n) is 5.62. The van der Waals surface area contributed by atoms with Gasteiger partial charge in [0.05, 0.1) is 11.5 Å². The summed E-state index contributed by atoms with van der Waals surface area (Å²) in [4.78, 5) is 22.4. The van der Waals surface area contributed by atoms with Crippen LogP contribution in [-0.2, 0) is 11.2 Å². The Balaban J connectivity index is 1.78. The van der Waals surface area contributed by atoms with Gasteiger partial charge in [-0.05, 0) is 31.4 Å². The highest BCUT2D eigenvalue weighted by atomic mass is 16.6. The Hall–Kier alpha value is -2.89. The van der Waals surface area contributed by atoms with Crippen molar-refractivity contribution < 1.29 is 9.72 Å². The van der Waals surface area contributed by atoms with Crippen LogP contribution in [0.1, 0.15) is 18.9 Å². The Morgan fingerprint density at radius 1 is 1.12 bits per heavy atom. The zero-order valence-corrected chi connectivity index (χ0v) is 13.6. The molecule has 1 atom stereocenters. The highest BCUT2D eigenvalue weighted by Crippen LogP contribution is 2.22. The maximum absolute atomic E-state index is 12.0. The summed E-state index contributed by atoms with van der Waals surface area (Å²) in [6.45, 7) is 1.95. The largest absolute Gasteiger partial charge is 0.371 e. The van der Waals surface area contributed by atoms with Crippen molar-refractivity contribution >= 4 is 17.3 Å². The maximum atomic E-state index is 12.0. The number of nitro benzene ring substituents is 1. The van der Waals surface area contributed by atoms with E-state index in [-0.39, 0.29) is 24.2 Å². The van der Waals surface area contributed by atoms with E-state index < -0.39 is 4.92 Å². The lowest BCUT2D eigenvalue weighted by molar-refractivity contribution is -0.383. The molecule has 0 saturated heterocycles. The number of rotatable bonds is 8. The molecule has 6 heteroatoms. The SMILES string of the molecule is C[C@H](CCc1ccccc1)NC(=O)CNc1ccccc1[N+](=O)[O-]. The molecule has 0 radical (unpaired) electrons. The Kier molecular flexibility index (Phi) is 6.31. The molecule has 24 heavy (non-hydrogen) atoms. The first-order chi connectivity index (χ1) is 11.6. The number of hydrogen-bond donors (Lipinski definition) is 2. The number of nitrogens with one attached hydrogen (secondary N) is 2. The van der Waals surface area contributed by atoms with Crippen molar-refractivity contribution in [3.05, 3.63) is 70.3 Å². The quantitative estimate of drug-likeness (QED) is 0.576. The molecule has 2 aromatic carbocycles. The average Bonchev–Trinajstić information content (AvgIpc) is 2.59. The molecule has 0 aliphatic carbocycles. The van der Waals surface area contributed by atoms with Crippen LogP contribution in [0.5, 0.6) is 0 Å². The molecule has 2 N–H and O–H groups in total. The van der Waals surface area contributed by atoms with Gasteiger partial charge in [-0.3, -0.25) is 14.9 Å². The number of carbonyl (C=O) groups is 1. The number of benzene rings is 2. The fourth-order valence-corrected chi connectivity index (χ4v) is 2.38. The first-order valence-corrected chi connectivity index (χ1v) is 7.87. The van der Waals surface area contributed by atoms with Crippen molar-refractivity contribution in [1.82, 2.24) is 5.32 Å². The van der Waals surface area contributed by atoms with Crippen LogP contribution >= 0.6 is 0 Å². The third kappa shape index (κ3) is 5.39. The molecule has 0 unspecified atom stereocenters. The van der Waals surface area contributed by atoms with Crippen LogP contribution in [0.4, 0.5) is 11.4 Å². The van der Waals surface area contributed by atoms with Gasteiger partial charge in [0, 0.05) is 12.1 Å². The van der Waals surface area contributed by atoms with Crippen molar-refractivity contribution in [3.63, 3.8) is 0 Å². The van der Waals surface area contributed by atoms with E-state index in [2.05, 4.69) is 22.8 Å². The van der Waals surface area contributed by atoms with Gasteiger partial charge >= 0.3 is 0 Å². The molecule has 126 valence electrons. The van der Waals surface area contributed by atoms with Gasteiger partial charge in [0.2, 0.25) is 5.91 Å². The van der Waals surface area contributed by atoms with Crippen LogP contribution in [0.2, 0.25) is 0 Å². The summed E-state index contributed by atoms with van der Waals surface area (Å²) >= 11 is 0. The second-order valence-corrected chi connectivity index (χ2v) is 5.62. The molecule has 1 amide bonds. The van der Waals surface area contributed by atoms with E-state index in [9.17, 15) is 14.9 Å². The maximum Gasteiger partial charge on any atom is 0.292 e. The summed E-state index contributed by atoms with van der Waals surface area (Å²) in [5.41, 5.74) is 1.54. The zero-order chi connectivity index (χ0) is 17.4. The highest BCUT2D eigenvalue weighted by Gasteiger charge is 2.13. The normalized spacial score (nSPS) is 11.5. The number of nitrogens with zero attached hydrogens (tertiary/aromatic N) is 1. The minimum absolute atomic E-state index is 0.000526. The van der Waals surface area contributed by atoms with Gasteiger partial charge in [0.15, 0.2) is 0 Å². The van der Waals surface area contributed by atoms with Crippen LogP contribution in [0.25, 0.3) is 0 Å². The summed E-state index contributed by atoms with van der Waals surface area (Å²) in [5, 5.41) is 16.6. The fraction of sp³-hybridized carbons (Fsp3) is 0.278. The minimum Gasteiger partial charge on any atom is -0.371 e. The van der Waals surface area contributed by atoms with Crippen molar-refractivity contribution in [2.45, 2.75) is 25.8 Å². The number of amides is 1. The first-order valence-electron chi connectivity index (χ1n) is 7.87. The van der Waals surface area contributed by atoms with Gasteiger partial charge in [-0.15, -0.1) is 0 Å². The van der Waals surface area contributed by atoms with Gasteiger partial charge in [-0.1, -0.05) is 42.5 Å². The molecule has 0 spiro atoms. The summed E-state index contributed by atoms with van der Waals surface area (Å²) in [6, 6.07) is 16.4. The fourth-order valence-electron chi connectivity index (χ4n) is 2.38. The topological polar surface area (TPSA) is 84.3 Å². The van der Waals surface area contributed by atoms with Gasteiger partial charge in [-0.2, -0.15) is 0 Å². The highest BCUT2D eigenvalue weighted by molar-refractivity contribution is 5.81. The molecule has 2 rings (SSSR count). The summed E-state index contributed by atoms with van der Waals surface area (Å²) in [6.07, 6.45) is 1.72. The number of para-hydroxylation sites is 2. The third-order valence-corrected chi connectivity index (χ3v) is 3.66. The molecule has 0 saturated carbocycles. The number of anilines is 1. The van der Waals surface area contributed by atoms with E-state index in [1.54, 1.807) is 18.2 Å². The van der Waals surface area contributed by atoms with Crippen molar-refractivity contribution in [3.8, 4) is 0 Å². The standard InChI is InChI=1S/C18H21N3O3/c1-14(11-12-15-7-3-2-4-8-15)20-18(22)13-19-16-9-5-6-10-17(16)21(23)24/h2-10,14,19H,11-13H2,1H3,(H,20,22)/t14-/m1/s1. The van der Waals surface area contributed by atoms with E-state index in [1.165, 1.54) is 11.6 Å². The van der Waals surface area contributed by atoms with E-state index in [0.717, 1.165) is 12.8 Å². The Morgan fingerprint density at radius 2 is 1.79 bits per heavy atom. The number of carbonyl (C=O) groups excluding carboxylic acids is 1. The minimum atomic E-state index is -0.470. The van der Waals surface area contributed by atoms with Gasteiger partial charge in [0.25, 0.3) is 5.69 Å². The number of aryl methyl sites for hydroxylation is 1.